The molecule has 0 radical (unpaired) electrons. The molecule has 25 heavy (non-hydrogen) atoms. The summed E-state index contributed by atoms with van der Waals surface area (Å²) in [6.07, 6.45) is 7.20. The summed E-state index contributed by atoms with van der Waals surface area (Å²) in [5.41, 5.74) is 0.927. The number of ketones is 3. The van der Waals surface area contributed by atoms with Crippen LogP contribution in [0.25, 0.3) is 0 Å². The SMILES string of the molecule is CC(=O)[C@H]1CC[C@H]2[C@@H]3CCC4=CC(=O)[C@@H](C)C[C@]4(C)[C@H]3C(=O)C[C@]12C. The number of rotatable bonds is 1. The second-order valence-electron chi connectivity index (χ2n) is 9.77. The molecule has 3 saturated carbocycles. The monoisotopic (exact) mass is 342 g/mol. The summed E-state index contributed by atoms with van der Waals surface area (Å²) in [4.78, 5) is 37.7. The van der Waals surface area contributed by atoms with E-state index in [4.69, 9.17) is 0 Å². The van der Waals surface area contributed by atoms with E-state index in [0.29, 0.717) is 24.0 Å². The summed E-state index contributed by atoms with van der Waals surface area (Å²) in [5.74, 6) is 1.83. The van der Waals surface area contributed by atoms with E-state index in [1.54, 1.807) is 6.92 Å². The molecule has 3 fully saturated rings. The van der Waals surface area contributed by atoms with Crippen LogP contribution in [-0.2, 0) is 14.4 Å². The van der Waals surface area contributed by atoms with Crippen molar-refractivity contribution in [3.8, 4) is 0 Å². The van der Waals surface area contributed by atoms with Crippen molar-refractivity contribution in [2.45, 2.75) is 66.2 Å². The number of Topliss-reactive ketones (excluding diaryl/α,β-unsaturated/α-hetero) is 2. The first-order valence-corrected chi connectivity index (χ1v) is 9.96. The summed E-state index contributed by atoms with van der Waals surface area (Å²) in [5, 5.41) is 0. The Bertz CT molecular complexity index is 689. The molecule has 136 valence electrons. The summed E-state index contributed by atoms with van der Waals surface area (Å²) in [6, 6.07) is 0. The lowest BCUT2D eigenvalue weighted by molar-refractivity contribution is -0.148. The van der Waals surface area contributed by atoms with Gasteiger partial charge in [0.1, 0.15) is 11.6 Å². The van der Waals surface area contributed by atoms with Gasteiger partial charge in [0.15, 0.2) is 5.78 Å². The van der Waals surface area contributed by atoms with Crippen molar-refractivity contribution in [1.82, 2.24) is 0 Å². The molecule has 0 bridgehead atoms. The molecule has 0 N–H and O–H groups in total. The van der Waals surface area contributed by atoms with E-state index in [9.17, 15) is 14.4 Å². The van der Waals surface area contributed by atoms with E-state index in [0.717, 1.165) is 32.1 Å². The van der Waals surface area contributed by atoms with Crippen LogP contribution in [0.15, 0.2) is 11.6 Å². The molecule has 0 aliphatic heterocycles. The van der Waals surface area contributed by atoms with Crippen molar-refractivity contribution in [3.05, 3.63) is 11.6 Å². The number of allylic oxidation sites excluding steroid dienone is 1. The van der Waals surface area contributed by atoms with Gasteiger partial charge in [0.05, 0.1) is 0 Å². The molecular formula is C22H30O3. The minimum absolute atomic E-state index is 0.0159. The summed E-state index contributed by atoms with van der Waals surface area (Å²) < 4.78 is 0. The fourth-order valence-electron chi connectivity index (χ4n) is 7.39. The quantitative estimate of drug-likeness (QED) is 0.719. The Morgan fingerprint density at radius 2 is 1.88 bits per heavy atom. The van der Waals surface area contributed by atoms with Gasteiger partial charge in [0.2, 0.25) is 0 Å². The summed E-state index contributed by atoms with van der Waals surface area (Å²) >= 11 is 0. The standard InChI is InChI=1S/C22H30O3/c1-12-10-21(3)14(9-18(12)24)5-6-15-17-8-7-16(13(2)23)22(17,4)11-19(25)20(15)21/h9,12,15-17,20H,5-8,10-11H2,1-4H3/t12-,15-,16+,17-,20+,21-,22+/m0/s1. The molecule has 0 aromatic heterocycles. The van der Waals surface area contributed by atoms with Crippen LogP contribution < -0.4 is 0 Å². The fourth-order valence-corrected chi connectivity index (χ4v) is 7.39. The predicted molar refractivity (Wildman–Crippen MR) is 95.8 cm³/mol. The van der Waals surface area contributed by atoms with Crippen molar-refractivity contribution in [1.29, 1.82) is 0 Å². The average Bonchev–Trinajstić information content (AvgIpc) is 2.85. The highest BCUT2D eigenvalue weighted by Gasteiger charge is 2.63. The zero-order valence-electron chi connectivity index (χ0n) is 15.9. The lowest BCUT2D eigenvalue weighted by Gasteiger charge is -2.57. The number of carbonyl (C=O) groups excluding carboxylic acids is 3. The Hall–Kier alpha value is -1.25. The van der Waals surface area contributed by atoms with Crippen LogP contribution in [0.3, 0.4) is 0 Å². The molecule has 3 heteroatoms. The lowest BCUT2D eigenvalue weighted by Crippen LogP contribution is -2.56. The highest BCUT2D eigenvalue weighted by Crippen LogP contribution is 2.65. The van der Waals surface area contributed by atoms with E-state index in [1.165, 1.54) is 5.57 Å². The first kappa shape index (κ1) is 17.2. The van der Waals surface area contributed by atoms with Gasteiger partial charge < -0.3 is 0 Å². The van der Waals surface area contributed by atoms with Crippen LogP contribution in [-0.4, -0.2) is 17.3 Å². The molecule has 0 amide bonds. The maximum absolute atomic E-state index is 13.4. The molecule has 4 rings (SSSR count). The maximum atomic E-state index is 13.4. The van der Waals surface area contributed by atoms with E-state index >= 15 is 0 Å². The first-order chi connectivity index (χ1) is 11.7. The summed E-state index contributed by atoms with van der Waals surface area (Å²) in [6.45, 7) is 8.14. The second-order valence-corrected chi connectivity index (χ2v) is 9.77. The van der Waals surface area contributed by atoms with Crippen LogP contribution >= 0.6 is 0 Å². The smallest absolute Gasteiger partial charge is 0.158 e. The van der Waals surface area contributed by atoms with Gasteiger partial charge in [-0.3, -0.25) is 14.4 Å². The molecule has 7 atom stereocenters. The number of fused-ring (bicyclic) bond motifs is 5. The van der Waals surface area contributed by atoms with Crippen molar-refractivity contribution in [2.24, 2.45) is 40.4 Å². The molecule has 0 aromatic carbocycles. The molecular weight excluding hydrogens is 312 g/mol. The van der Waals surface area contributed by atoms with Gasteiger partial charge >= 0.3 is 0 Å². The zero-order chi connectivity index (χ0) is 18.1. The van der Waals surface area contributed by atoms with Crippen molar-refractivity contribution in [2.75, 3.05) is 0 Å². The van der Waals surface area contributed by atoms with Gasteiger partial charge in [0, 0.05) is 24.2 Å². The Labute approximate surface area is 150 Å². The Kier molecular flexibility index (Phi) is 3.69. The van der Waals surface area contributed by atoms with E-state index in [1.807, 2.05) is 13.0 Å². The topological polar surface area (TPSA) is 51.2 Å². The van der Waals surface area contributed by atoms with Gasteiger partial charge in [-0.05, 0) is 67.8 Å². The van der Waals surface area contributed by atoms with Gasteiger partial charge in [-0.25, -0.2) is 0 Å². The van der Waals surface area contributed by atoms with Gasteiger partial charge in [0.25, 0.3) is 0 Å². The molecule has 4 aliphatic rings. The highest BCUT2D eigenvalue weighted by atomic mass is 16.1. The predicted octanol–water partition coefficient (Wildman–Crippen LogP) is 4.15. The van der Waals surface area contributed by atoms with Gasteiger partial charge in [-0.2, -0.15) is 0 Å². The van der Waals surface area contributed by atoms with Crippen LogP contribution in [0, 0.1) is 40.4 Å². The van der Waals surface area contributed by atoms with E-state index in [2.05, 4.69) is 13.8 Å². The van der Waals surface area contributed by atoms with E-state index in [-0.39, 0.29) is 40.2 Å². The molecule has 0 heterocycles. The van der Waals surface area contributed by atoms with Crippen molar-refractivity contribution < 1.29 is 14.4 Å². The first-order valence-electron chi connectivity index (χ1n) is 9.96. The minimum Gasteiger partial charge on any atom is -0.300 e. The normalized spacial score (nSPS) is 49.1. The van der Waals surface area contributed by atoms with Crippen LogP contribution in [0.2, 0.25) is 0 Å². The molecule has 0 saturated heterocycles. The minimum atomic E-state index is -0.150. The van der Waals surface area contributed by atoms with Crippen molar-refractivity contribution in [3.63, 3.8) is 0 Å². The van der Waals surface area contributed by atoms with Crippen LogP contribution in [0.5, 0.6) is 0 Å². The number of hydrogen-bond acceptors (Lipinski definition) is 3. The van der Waals surface area contributed by atoms with Gasteiger partial charge in [-0.1, -0.05) is 26.3 Å². The lowest BCUT2D eigenvalue weighted by atomic mass is 9.45. The summed E-state index contributed by atoms with van der Waals surface area (Å²) in [7, 11) is 0. The number of carbonyl (C=O) groups is 3. The average molecular weight is 342 g/mol. The molecule has 4 aliphatic carbocycles. The Balaban J connectivity index is 1.74. The van der Waals surface area contributed by atoms with Crippen LogP contribution in [0.4, 0.5) is 0 Å². The zero-order valence-corrected chi connectivity index (χ0v) is 15.9. The highest BCUT2D eigenvalue weighted by molar-refractivity contribution is 5.94. The van der Waals surface area contributed by atoms with E-state index < -0.39 is 0 Å². The molecule has 3 nitrogen and oxygen atoms in total. The maximum Gasteiger partial charge on any atom is 0.158 e. The Morgan fingerprint density at radius 3 is 2.56 bits per heavy atom. The molecule has 0 unspecified atom stereocenters. The largest absolute Gasteiger partial charge is 0.300 e. The van der Waals surface area contributed by atoms with Crippen molar-refractivity contribution >= 4 is 17.3 Å². The Morgan fingerprint density at radius 1 is 1.16 bits per heavy atom. The van der Waals surface area contributed by atoms with Gasteiger partial charge in [-0.15, -0.1) is 0 Å². The fraction of sp³-hybridized carbons (Fsp3) is 0.773. The third kappa shape index (κ3) is 2.20. The second kappa shape index (κ2) is 5.37. The number of hydrogen-bond donors (Lipinski definition) is 0. The molecule has 0 spiro atoms. The third-order valence-corrected chi connectivity index (χ3v) is 8.45. The molecule has 0 aromatic rings. The van der Waals surface area contributed by atoms with Crippen LogP contribution in [0.1, 0.15) is 66.2 Å². The third-order valence-electron chi connectivity index (χ3n) is 8.45.